The number of nitrogens with two attached hydrogens (primary N) is 1. The van der Waals surface area contributed by atoms with Gasteiger partial charge in [-0.25, -0.2) is 4.39 Å². The van der Waals surface area contributed by atoms with Gasteiger partial charge in [0.2, 0.25) is 0 Å². The van der Waals surface area contributed by atoms with E-state index >= 15 is 0 Å². The van der Waals surface area contributed by atoms with Gasteiger partial charge in [0.15, 0.2) is 0 Å². The van der Waals surface area contributed by atoms with Gasteiger partial charge < -0.3 is 15.2 Å². The molecule has 0 fully saturated rings. The van der Waals surface area contributed by atoms with Crippen LogP contribution in [0.3, 0.4) is 0 Å². The van der Waals surface area contributed by atoms with Crippen molar-refractivity contribution < 1.29 is 13.9 Å². The van der Waals surface area contributed by atoms with Crippen molar-refractivity contribution >= 4 is 17.3 Å². The van der Waals surface area contributed by atoms with Crippen molar-refractivity contribution in [2.75, 3.05) is 12.8 Å². The molecule has 0 saturated heterocycles. The van der Waals surface area contributed by atoms with Gasteiger partial charge in [-0.2, -0.15) is 0 Å². The summed E-state index contributed by atoms with van der Waals surface area (Å²) in [5, 5.41) is 0.00312. The standard InChI is InChI=1S/C13H11ClFNO2/c1-17-10-4-8(16)5-11(6-10)18-9-2-3-13(15)12(14)7-9/h2-7H,16H2,1H3. The molecule has 0 saturated carbocycles. The summed E-state index contributed by atoms with van der Waals surface area (Å²) in [4.78, 5) is 0. The number of benzene rings is 2. The second kappa shape index (κ2) is 5.14. The third-order valence-corrected chi connectivity index (χ3v) is 2.55. The first-order valence-electron chi connectivity index (χ1n) is 5.16. The van der Waals surface area contributed by atoms with Crippen LogP contribution in [0, 0.1) is 5.82 Å². The molecule has 0 radical (unpaired) electrons. The Morgan fingerprint density at radius 3 is 2.44 bits per heavy atom. The van der Waals surface area contributed by atoms with Crippen LogP contribution in [-0.2, 0) is 0 Å². The largest absolute Gasteiger partial charge is 0.497 e. The third kappa shape index (κ3) is 2.84. The highest BCUT2D eigenvalue weighted by Crippen LogP contribution is 2.30. The molecule has 0 aliphatic heterocycles. The average molecular weight is 268 g/mol. The Labute approximate surface area is 109 Å². The lowest BCUT2D eigenvalue weighted by atomic mass is 10.3. The van der Waals surface area contributed by atoms with Crippen LogP contribution < -0.4 is 15.2 Å². The monoisotopic (exact) mass is 267 g/mol. The molecule has 0 spiro atoms. The maximum Gasteiger partial charge on any atom is 0.142 e. The first-order valence-corrected chi connectivity index (χ1v) is 5.54. The lowest BCUT2D eigenvalue weighted by Gasteiger charge is -2.09. The van der Waals surface area contributed by atoms with Gasteiger partial charge in [0.1, 0.15) is 23.1 Å². The van der Waals surface area contributed by atoms with Gasteiger partial charge in [0.05, 0.1) is 12.1 Å². The fraction of sp³-hybridized carbons (Fsp3) is 0.0769. The molecular weight excluding hydrogens is 257 g/mol. The summed E-state index contributed by atoms with van der Waals surface area (Å²) in [5.41, 5.74) is 6.21. The smallest absolute Gasteiger partial charge is 0.142 e. The summed E-state index contributed by atoms with van der Waals surface area (Å²) in [6, 6.07) is 9.10. The minimum Gasteiger partial charge on any atom is -0.497 e. The molecule has 94 valence electrons. The van der Waals surface area contributed by atoms with E-state index in [0.29, 0.717) is 22.9 Å². The normalized spacial score (nSPS) is 10.2. The topological polar surface area (TPSA) is 44.5 Å². The van der Waals surface area contributed by atoms with E-state index in [-0.39, 0.29) is 5.02 Å². The molecule has 3 nitrogen and oxygen atoms in total. The number of hydrogen-bond donors (Lipinski definition) is 1. The number of rotatable bonds is 3. The average Bonchev–Trinajstić information content (AvgIpc) is 2.33. The molecule has 2 aromatic rings. The zero-order chi connectivity index (χ0) is 13.1. The molecule has 0 amide bonds. The molecule has 2 rings (SSSR count). The van der Waals surface area contributed by atoms with Gasteiger partial charge in [0.25, 0.3) is 0 Å². The van der Waals surface area contributed by atoms with E-state index < -0.39 is 5.82 Å². The van der Waals surface area contributed by atoms with Crippen molar-refractivity contribution in [3.63, 3.8) is 0 Å². The van der Waals surface area contributed by atoms with Crippen LogP contribution in [0.25, 0.3) is 0 Å². The summed E-state index contributed by atoms with van der Waals surface area (Å²) in [5.74, 6) is 1.01. The second-order valence-corrected chi connectivity index (χ2v) is 4.03. The zero-order valence-corrected chi connectivity index (χ0v) is 10.4. The molecule has 2 N–H and O–H groups in total. The maximum absolute atomic E-state index is 13.0. The van der Waals surface area contributed by atoms with Crippen molar-refractivity contribution in [2.24, 2.45) is 0 Å². The Hall–Kier alpha value is -1.94. The summed E-state index contributed by atoms with van der Waals surface area (Å²) in [6.07, 6.45) is 0. The highest BCUT2D eigenvalue weighted by Gasteiger charge is 2.05. The van der Waals surface area contributed by atoms with Crippen molar-refractivity contribution in [1.82, 2.24) is 0 Å². The lowest BCUT2D eigenvalue weighted by molar-refractivity contribution is 0.409. The number of methoxy groups -OCH3 is 1. The Balaban J connectivity index is 2.27. The number of ether oxygens (including phenoxy) is 2. The van der Waals surface area contributed by atoms with Gasteiger partial charge >= 0.3 is 0 Å². The van der Waals surface area contributed by atoms with Crippen molar-refractivity contribution in [2.45, 2.75) is 0 Å². The number of halogens is 2. The highest BCUT2D eigenvalue weighted by atomic mass is 35.5. The highest BCUT2D eigenvalue weighted by molar-refractivity contribution is 6.30. The van der Waals surface area contributed by atoms with E-state index in [4.69, 9.17) is 26.8 Å². The predicted octanol–water partition coefficient (Wildman–Crippen LogP) is 3.86. The number of hydrogen-bond acceptors (Lipinski definition) is 3. The van der Waals surface area contributed by atoms with Crippen LogP contribution in [0.15, 0.2) is 36.4 Å². The molecule has 0 atom stereocenters. The molecule has 2 aromatic carbocycles. The Morgan fingerprint density at radius 1 is 1.06 bits per heavy atom. The van der Waals surface area contributed by atoms with Gasteiger partial charge in [0, 0.05) is 30.0 Å². The predicted molar refractivity (Wildman–Crippen MR) is 68.9 cm³/mol. The fourth-order valence-electron chi connectivity index (χ4n) is 1.45. The van der Waals surface area contributed by atoms with Gasteiger partial charge in [-0.3, -0.25) is 0 Å². The molecular formula is C13H11ClFNO2. The first-order chi connectivity index (χ1) is 8.58. The quantitative estimate of drug-likeness (QED) is 0.859. The van der Waals surface area contributed by atoms with E-state index in [2.05, 4.69) is 0 Å². The first kappa shape index (κ1) is 12.5. The van der Waals surface area contributed by atoms with Crippen LogP contribution in [0.5, 0.6) is 17.2 Å². The van der Waals surface area contributed by atoms with Crippen molar-refractivity contribution in [3.8, 4) is 17.2 Å². The molecule has 0 heterocycles. The molecule has 5 heteroatoms. The minimum absolute atomic E-state index is 0.00312. The van der Waals surface area contributed by atoms with Crippen LogP contribution in [0.4, 0.5) is 10.1 Å². The molecule has 0 bridgehead atoms. The van der Waals surface area contributed by atoms with E-state index in [1.807, 2.05) is 0 Å². The SMILES string of the molecule is COc1cc(N)cc(Oc2ccc(F)c(Cl)c2)c1. The second-order valence-electron chi connectivity index (χ2n) is 3.62. The third-order valence-electron chi connectivity index (χ3n) is 2.26. The lowest BCUT2D eigenvalue weighted by Crippen LogP contribution is -1.91. The maximum atomic E-state index is 13.0. The molecule has 0 aromatic heterocycles. The minimum atomic E-state index is -0.492. The van der Waals surface area contributed by atoms with Crippen LogP contribution >= 0.6 is 11.6 Å². The van der Waals surface area contributed by atoms with E-state index in [1.54, 1.807) is 18.2 Å². The summed E-state index contributed by atoms with van der Waals surface area (Å²) in [7, 11) is 1.54. The Bertz CT molecular complexity index is 575. The van der Waals surface area contributed by atoms with Crippen molar-refractivity contribution in [1.29, 1.82) is 0 Å². The van der Waals surface area contributed by atoms with E-state index in [9.17, 15) is 4.39 Å². The molecule has 0 aliphatic rings. The number of nitrogen functional groups attached to an aromatic ring is 1. The van der Waals surface area contributed by atoms with Gasteiger partial charge in [-0.05, 0) is 12.1 Å². The summed E-state index contributed by atoms with van der Waals surface area (Å²) < 4.78 is 23.6. The fourth-order valence-corrected chi connectivity index (χ4v) is 1.62. The van der Waals surface area contributed by atoms with Crippen molar-refractivity contribution in [3.05, 3.63) is 47.2 Å². The summed E-state index contributed by atoms with van der Waals surface area (Å²) in [6.45, 7) is 0. The van der Waals surface area contributed by atoms with Crippen LogP contribution in [0.1, 0.15) is 0 Å². The number of anilines is 1. The Morgan fingerprint density at radius 2 is 1.78 bits per heavy atom. The summed E-state index contributed by atoms with van der Waals surface area (Å²) >= 11 is 5.67. The van der Waals surface area contributed by atoms with Gasteiger partial charge in [-0.15, -0.1) is 0 Å². The molecule has 18 heavy (non-hydrogen) atoms. The molecule has 0 aliphatic carbocycles. The molecule has 0 unspecified atom stereocenters. The van der Waals surface area contributed by atoms with E-state index in [0.717, 1.165) is 0 Å². The van der Waals surface area contributed by atoms with Crippen LogP contribution in [-0.4, -0.2) is 7.11 Å². The van der Waals surface area contributed by atoms with Gasteiger partial charge in [-0.1, -0.05) is 11.6 Å². The van der Waals surface area contributed by atoms with Crippen LogP contribution in [0.2, 0.25) is 5.02 Å². The Kier molecular flexibility index (Phi) is 3.58. The zero-order valence-electron chi connectivity index (χ0n) is 9.61. The van der Waals surface area contributed by atoms with E-state index in [1.165, 1.54) is 25.3 Å².